The van der Waals surface area contributed by atoms with E-state index in [2.05, 4.69) is 5.32 Å². The summed E-state index contributed by atoms with van der Waals surface area (Å²) in [6.45, 7) is 12.8. The summed E-state index contributed by atoms with van der Waals surface area (Å²) in [7, 11) is 1.55. The highest BCUT2D eigenvalue weighted by atomic mass is 16.5. The van der Waals surface area contributed by atoms with Crippen molar-refractivity contribution in [3.63, 3.8) is 0 Å². The molecule has 26 heavy (non-hydrogen) atoms. The molecule has 0 fully saturated rings. The van der Waals surface area contributed by atoms with E-state index in [1.54, 1.807) is 13.2 Å². The van der Waals surface area contributed by atoms with Crippen molar-refractivity contribution >= 4 is 12.0 Å². The number of nitriles is 1. The first-order chi connectivity index (χ1) is 11.9. The molecule has 0 bridgehead atoms. The number of nitrogens with zero attached hydrogens (tertiary/aromatic N) is 1. The molecule has 0 unspecified atom stereocenters. The largest absolute Gasteiger partial charge is 0.507 e. The van der Waals surface area contributed by atoms with Crippen LogP contribution in [0.25, 0.3) is 6.08 Å². The zero-order valence-corrected chi connectivity index (χ0v) is 16.9. The lowest BCUT2D eigenvalue weighted by Gasteiger charge is -2.28. The number of carbonyl (C=O) groups is 1. The van der Waals surface area contributed by atoms with Gasteiger partial charge in [0, 0.05) is 24.8 Å². The van der Waals surface area contributed by atoms with E-state index in [1.807, 2.05) is 59.7 Å². The number of hydrogen-bond acceptors (Lipinski definition) is 4. The molecular weight excluding hydrogens is 328 g/mol. The Morgan fingerprint density at radius 1 is 1.19 bits per heavy atom. The minimum Gasteiger partial charge on any atom is -0.507 e. The van der Waals surface area contributed by atoms with E-state index in [1.165, 1.54) is 0 Å². The average Bonchev–Trinajstić information content (AvgIpc) is 2.51. The number of aromatic hydroxyl groups is 1. The highest BCUT2D eigenvalue weighted by Crippen LogP contribution is 2.40. The van der Waals surface area contributed by atoms with Gasteiger partial charge in [-0.05, 0) is 34.6 Å². The summed E-state index contributed by atoms with van der Waals surface area (Å²) in [4.78, 5) is 12.2. The van der Waals surface area contributed by atoms with Crippen LogP contribution in [0.15, 0.2) is 17.7 Å². The lowest BCUT2D eigenvalue weighted by molar-refractivity contribution is -0.117. The second-order valence-corrected chi connectivity index (χ2v) is 8.38. The maximum atomic E-state index is 12.2. The molecule has 5 heteroatoms. The molecule has 0 aliphatic heterocycles. The van der Waals surface area contributed by atoms with E-state index in [0.29, 0.717) is 13.2 Å². The Kier molecular flexibility index (Phi) is 7.00. The van der Waals surface area contributed by atoms with Crippen LogP contribution in [0.2, 0.25) is 0 Å². The fraction of sp³-hybridized carbons (Fsp3) is 0.524. The minimum atomic E-state index is -0.438. The third kappa shape index (κ3) is 5.60. The van der Waals surface area contributed by atoms with Crippen molar-refractivity contribution in [2.45, 2.75) is 52.4 Å². The first-order valence-corrected chi connectivity index (χ1v) is 8.68. The molecule has 0 saturated heterocycles. The summed E-state index contributed by atoms with van der Waals surface area (Å²) >= 11 is 0. The molecule has 0 heterocycles. The normalized spacial score (nSPS) is 12.6. The Morgan fingerprint density at radius 3 is 2.08 bits per heavy atom. The summed E-state index contributed by atoms with van der Waals surface area (Å²) in [5, 5.41) is 22.8. The topological polar surface area (TPSA) is 82.3 Å². The van der Waals surface area contributed by atoms with Crippen molar-refractivity contribution in [3.8, 4) is 11.8 Å². The molecule has 1 aromatic carbocycles. The summed E-state index contributed by atoms with van der Waals surface area (Å²) < 4.78 is 4.90. The number of hydrogen-bond donors (Lipinski definition) is 2. The van der Waals surface area contributed by atoms with Gasteiger partial charge in [-0.3, -0.25) is 4.79 Å². The van der Waals surface area contributed by atoms with Gasteiger partial charge in [0.2, 0.25) is 0 Å². The summed E-state index contributed by atoms with van der Waals surface area (Å²) in [6, 6.07) is 5.63. The zero-order chi connectivity index (χ0) is 20.1. The first kappa shape index (κ1) is 21.7. The van der Waals surface area contributed by atoms with Gasteiger partial charge in [-0.1, -0.05) is 41.5 Å². The molecule has 142 valence electrons. The van der Waals surface area contributed by atoms with E-state index in [4.69, 9.17) is 4.74 Å². The number of amides is 1. The number of phenols is 1. The third-order valence-corrected chi connectivity index (χ3v) is 4.02. The molecular formula is C21H30N2O3. The van der Waals surface area contributed by atoms with Crippen molar-refractivity contribution in [3.05, 3.63) is 34.4 Å². The van der Waals surface area contributed by atoms with E-state index in [-0.39, 0.29) is 22.2 Å². The molecule has 0 saturated carbocycles. The molecule has 0 aromatic heterocycles. The molecule has 1 rings (SSSR count). The molecule has 5 nitrogen and oxygen atoms in total. The first-order valence-electron chi connectivity index (χ1n) is 8.68. The van der Waals surface area contributed by atoms with Gasteiger partial charge in [0.1, 0.15) is 17.4 Å². The molecule has 0 aliphatic carbocycles. The van der Waals surface area contributed by atoms with Crippen molar-refractivity contribution in [2.24, 2.45) is 0 Å². The quantitative estimate of drug-likeness (QED) is 0.478. The molecule has 0 atom stereocenters. The number of methoxy groups -OCH3 is 1. The van der Waals surface area contributed by atoms with Gasteiger partial charge in [0.05, 0.1) is 6.61 Å². The van der Waals surface area contributed by atoms with Crippen molar-refractivity contribution in [1.82, 2.24) is 5.32 Å². The maximum Gasteiger partial charge on any atom is 0.262 e. The number of benzene rings is 1. The Morgan fingerprint density at radius 2 is 1.69 bits per heavy atom. The summed E-state index contributed by atoms with van der Waals surface area (Å²) in [5.74, 6) is -0.169. The standard InChI is InChI=1S/C21H30N2O3/c1-20(2,3)16-11-14(12-17(18(16)24)21(4,5)6)10-15(13-22)19(25)23-8-9-26-7/h10-12,24H,8-9H2,1-7H3,(H,23,25)/b15-10+. The highest BCUT2D eigenvalue weighted by Gasteiger charge is 2.26. The predicted octanol–water partition coefficient (Wildman–Crippen LogP) is 3.66. The Bertz CT molecular complexity index is 694. The predicted molar refractivity (Wildman–Crippen MR) is 104 cm³/mol. The van der Waals surface area contributed by atoms with E-state index < -0.39 is 5.91 Å². The number of ether oxygens (including phenoxy) is 1. The molecule has 0 spiro atoms. The second kappa shape index (κ2) is 8.37. The van der Waals surface area contributed by atoms with Crippen LogP contribution in [0.4, 0.5) is 0 Å². The fourth-order valence-electron chi connectivity index (χ4n) is 2.56. The lowest BCUT2D eigenvalue weighted by atomic mass is 9.78. The van der Waals surface area contributed by atoms with E-state index in [0.717, 1.165) is 16.7 Å². The molecule has 0 aliphatic rings. The Labute approximate surface area is 156 Å². The van der Waals surface area contributed by atoms with Gasteiger partial charge in [-0.15, -0.1) is 0 Å². The van der Waals surface area contributed by atoms with Gasteiger partial charge >= 0.3 is 0 Å². The fourth-order valence-corrected chi connectivity index (χ4v) is 2.56. The summed E-state index contributed by atoms with van der Waals surface area (Å²) in [5.41, 5.74) is 1.76. The zero-order valence-electron chi connectivity index (χ0n) is 16.9. The molecule has 1 aromatic rings. The van der Waals surface area contributed by atoms with Crippen LogP contribution < -0.4 is 5.32 Å². The van der Waals surface area contributed by atoms with Gasteiger partial charge in [-0.25, -0.2) is 0 Å². The van der Waals surface area contributed by atoms with Crippen LogP contribution in [0.1, 0.15) is 58.2 Å². The maximum absolute atomic E-state index is 12.2. The van der Waals surface area contributed by atoms with E-state index in [9.17, 15) is 15.2 Å². The van der Waals surface area contributed by atoms with Crippen LogP contribution >= 0.6 is 0 Å². The monoisotopic (exact) mass is 358 g/mol. The van der Waals surface area contributed by atoms with Gasteiger partial charge in [-0.2, -0.15) is 5.26 Å². The van der Waals surface area contributed by atoms with Gasteiger partial charge in [0.25, 0.3) is 5.91 Å². The van der Waals surface area contributed by atoms with Gasteiger partial charge in [0.15, 0.2) is 0 Å². The van der Waals surface area contributed by atoms with Crippen LogP contribution in [-0.4, -0.2) is 31.3 Å². The number of phenolic OH excluding ortho intramolecular Hbond substituents is 1. The smallest absolute Gasteiger partial charge is 0.262 e. The average molecular weight is 358 g/mol. The molecule has 0 radical (unpaired) electrons. The van der Waals surface area contributed by atoms with Gasteiger partial charge < -0.3 is 15.2 Å². The Balaban J connectivity index is 3.43. The van der Waals surface area contributed by atoms with E-state index >= 15 is 0 Å². The lowest BCUT2D eigenvalue weighted by Crippen LogP contribution is -2.27. The van der Waals surface area contributed by atoms with Crippen molar-refractivity contribution in [1.29, 1.82) is 5.26 Å². The molecule has 2 N–H and O–H groups in total. The SMILES string of the molecule is COCCNC(=O)/C(C#N)=C/c1cc(C(C)(C)C)c(O)c(C(C)(C)C)c1. The summed E-state index contributed by atoms with van der Waals surface area (Å²) in [6.07, 6.45) is 1.56. The number of rotatable bonds is 5. The number of carbonyl (C=O) groups excluding carboxylic acids is 1. The molecule has 1 amide bonds. The highest BCUT2D eigenvalue weighted by molar-refractivity contribution is 6.01. The van der Waals surface area contributed by atoms with Crippen molar-refractivity contribution < 1.29 is 14.6 Å². The van der Waals surface area contributed by atoms with Crippen LogP contribution in [-0.2, 0) is 20.4 Å². The Hall–Kier alpha value is -2.32. The van der Waals surface area contributed by atoms with Crippen LogP contribution in [0.3, 0.4) is 0 Å². The van der Waals surface area contributed by atoms with Crippen molar-refractivity contribution in [2.75, 3.05) is 20.3 Å². The third-order valence-electron chi connectivity index (χ3n) is 4.02. The van der Waals surface area contributed by atoms with Crippen LogP contribution in [0, 0.1) is 11.3 Å². The number of nitrogens with one attached hydrogen (secondary N) is 1. The van der Waals surface area contributed by atoms with Crippen LogP contribution in [0.5, 0.6) is 5.75 Å². The second-order valence-electron chi connectivity index (χ2n) is 8.38. The minimum absolute atomic E-state index is 0.0199.